The van der Waals surface area contributed by atoms with Gasteiger partial charge in [-0.15, -0.1) is 0 Å². The minimum atomic E-state index is -0.450. The predicted molar refractivity (Wildman–Crippen MR) is 115 cm³/mol. The number of aliphatic imine (C=N–C) groups is 1. The molecule has 0 radical (unpaired) electrons. The van der Waals surface area contributed by atoms with E-state index in [4.69, 9.17) is 4.74 Å². The van der Waals surface area contributed by atoms with Gasteiger partial charge in [-0.05, 0) is 87.9 Å². The van der Waals surface area contributed by atoms with Crippen molar-refractivity contribution in [1.29, 1.82) is 0 Å². The highest BCUT2D eigenvalue weighted by Crippen LogP contribution is 2.36. The predicted octanol–water partition coefficient (Wildman–Crippen LogP) is 3.92. The molecule has 140 valence electrons. The van der Waals surface area contributed by atoms with Crippen LogP contribution in [-0.2, 0) is 14.3 Å². The van der Waals surface area contributed by atoms with Crippen LogP contribution in [0.1, 0.15) is 19.4 Å². The molecule has 1 saturated heterocycles. The van der Waals surface area contributed by atoms with E-state index >= 15 is 0 Å². The molecular weight excluding hydrogens is 535 g/mol. The lowest BCUT2D eigenvalue weighted by Crippen LogP contribution is -2.28. The number of likely N-dealkylation sites (N-methyl/N-ethyl adjacent to an activating group) is 1. The summed E-state index contributed by atoms with van der Waals surface area (Å²) >= 11 is 6.97. The Morgan fingerprint density at radius 3 is 2.73 bits per heavy atom. The number of ether oxygens (including phenoxy) is 2. The van der Waals surface area contributed by atoms with Gasteiger partial charge < -0.3 is 9.47 Å². The van der Waals surface area contributed by atoms with Crippen molar-refractivity contribution in [3.8, 4) is 5.75 Å². The average molecular weight is 553 g/mol. The van der Waals surface area contributed by atoms with Gasteiger partial charge in [0.2, 0.25) is 0 Å². The van der Waals surface area contributed by atoms with Crippen LogP contribution in [0.3, 0.4) is 0 Å². The highest BCUT2D eigenvalue weighted by Gasteiger charge is 2.31. The van der Waals surface area contributed by atoms with E-state index in [9.17, 15) is 9.59 Å². The van der Waals surface area contributed by atoms with Crippen molar-refractivity contribution in [1.82, 2.24) is 4.90 Å². The quantitative estimate of drug-likeness (QED) is 0.304. The molecule has 0 N–H and O–H groups in total. The number of thioether (sulfide) groups is 1. The monoisotopic (exact) mass is 552 g/mol. The molecule has 6 nitrogen and oxygen atoms in total. The molecule has 0 unspecified atom stereocenters. The van der Waals surface area contributed by atoms with Crippen LogP contribution in [0.15, 0.2) is 26.5 Å². The number of halogens is 2. The molecule has 1 aromatic carbocycles. The molecule has 1 heterocycles. The van der Waals surface area contributed by atoms with Crippen LogP contribution in [0, 0.1) is 3.57 Å². The van der Waals surface area contributed by atoms with Crippen molar-refractivity contribution in [3.05, 3.63) is 30.6 Å². The largest absolute Gasteiger partial charge is 0.480 e. The van der Waals surface area contributed by atoms with E-state index in [2.05, 4.69) is 48.3 Å². The number of amides is 1. The minimum Gasteiger partial charge on any atom is -0.480 e. The summed E-state index contributed by atoms with van der Waals surface area (Å²) in [5.41, 5.74) is 0.858. The van der Waals surface area contributed by atoms with Crippen LogP contribution in [0.2, 0.25) is 0 Å². The van der Waals surface area contributed by atoms with Gasteiger partial charge in [0, 0.05) is 13.1 Å². The molecule has 0 aliphatic carbocycles. The fraction of sp³-hybridized carbons (Fsp3) is 0.353. The Bertz CT molecular complexity index is 759. The topological polar surface area (TPSA) is 68.2 Å². The van der Waals surface area contributed by atoms with Crippen LogP contribution < -0.4 is 4.74 Å². The second kappa shape index (κ2) is 9.75. The van der Waals surface area contributed by atoms with Crippen molar-refractivity contribution >= 4 is 73.4 Å². The normalized spacial score (nSPS) is 17.3. The van der Waals surface area contributed by atoms with Crippen LogP contribution in [0.5, 0.6) is 5.75 Å². The molecular formula is C17H18BrIN2O4S. The number of carbonyl (C=O) groups excluding carboxylic acids is 2. The Kier molecular flexibility index (Phi) is 7.96. The van der Waals surface area contributed by atoms with E-state index in [-0.39, 0.29) is 12.5 Å². The first kappa shape index (κ1) is 21.2. The van der Waals surface area contributed by atoms with E-state index in [1.165, 1.54) is 18.9 Å². The molecule has 1 fully saturated rings. The lowest BCUT2D eigenvalue weighted by molar-refractivity contribution is -0.143. The van der Waals surface area contributed by atoms with Gasteiger partial charge in [0.15, 0.2) is 11.8 Å². The second-order valence-corrected chi connectivity index (χ2v) is 8.12. The third kappa shape index (κ3) is 5.01. The van der Waals surface area contributed by atoms with Crippen LogP contribution in [0.25, 0.3) is 6.08 Å². The Morgan fingerprint density at radius 2 is 2.15 bits per heavy atom. The van der Waals surface area contributed by atoms with E-state index in [1.807, 2.05) is 32.1 Å². The van der Waals surface area contributed by atoms with E-state index in [1.54, 1.807) is 4.90 Å². The minimum absolute atomic E-state index is 0.0400. The smallest absolute Gasteiger partial charge is 0.343 e. The maximum absolute atomic E-state index is 12.5. The summed E-state index contributed by atoms with van der Waals surface area (Å²) in [6, 6.07) is 3.74. The van der Waals surface area contributed by atoms with E-state index in [0.717, 1.165) is 14.3 Å². The van der Waals surface area contributed by atoms with Gasteiger partial charge in [-0.1, -0.05) is 0 Å². The molecule has 26 heavy (non-hydrogen) atoms. The zero-order valence-corrected chi connectivity index (χ0v) is 19.1. The highest BCUT2D eigenvalue weighted by molar-refractivity contribution is 14.1. The van der Waals surface area contributed by atoms with Gasteiger partial charge in [0.05, 0.1) is 20.1 Å². The number of carbonyl (C=O) groups is 2. The van der Waals surface area contributed by atoms with Gasteiger partial charge in [-0.3, -0.25) is 14.7 Å². The van der Waals surface area contributed by atoms with Crippen molar-refractivity contribution in [2.24, 2.45) is 4.99 Å². The second-order valence-electron chi connectivity index (χ2n) is 5.10. The summed E-state index contributed by atoms with van der Waals surface area (Å²) < 4.78 is 11.6. The molecule has 1 aliphatic heterocycles. The fourth-order valence-electron chi connectivity index (χ4n) is 2.18. The van der Waals surface area contributed by atoms with Crippen LogP contribution in [-0.4, -0.2) is 48.8 Å². The standard InChI is InChI=1S/C17H18BrIN2O4S/c1-4-20-17-21(5-2)16(23)13(26-17)8-10-6-11(18)15(12(19)7-10)25-9-14(22)24-3/h6-8H,4-5,9H2,1-3H3/b13-8-,20-17?. The van der Waals surface area contributed by atoms with Gasteiger partial charge in [-0.25, -0.2) is 4.79 Å². The van der Waals surface area contributed by atoms with E-state index < -0.39 is 5.97 Å². The summed E-state index contributed by atoms with van der Waals surface area (Å²) in [7, 11) is 1.31. The SMILES string of the molecule is CCN=C1S/C(=C\c2cc(Br)c(OCC(=O)OC)c(I)c2)C(=O)N1CC. The van der Waals surface area contributed by atoms with Gasteiger partial charge in [-0.2, -0.15) is 0 Å². The number of hydrogen-bond acceptors (Lipinski definition) is 6. The summed E-state index contributed by atoms with van der Waals surface area (Å²) in [4.78, 5) is 30.5. The van der Waals surface area contributed by atoms with Crippen molar-refractivity contribution in [2.75, 3.05) is 26.8 Å². The number of amidine groups is 1. The molecule has 0 bridgehead atoms. The maximum atomic E-state index is 12.5. The number of methoxy groups -OCH3 is 1. The van der Waals surface area contributed by atoms with Crippen LogP contribution in [0.4, 0.5) is 0 Å². The summed E-state index contributed by atoms with van der Waals surface area (Å²) in [6.45, 7) is 4.93. The number of benzene rings is 1. The Morgan fingerprint density at radius 1 is 1.42 bits per heavy atom. The average Bonchev–Trinajstić information content (AvgIpc) is 2.89. The van der Waals surface area contributed by atoms with Gasteiger partial charge in [0.1, 0.15) is 5.75 Å². The molecule has 1 amide bonds. The van der Waals surface area contributed by atoms with Crippen LogP contribution >= 0.6 is 50.3 Å². The third-order valence-electron chi connectivity index (χ3n) is 3.38. The zero-order valence-electron chi connectivity index (χ0n) is 14.5. The first-order valence-electron chi connectivity index (χ1n) is 7.85. The first-order chi connectivity index (χ1) is 12.4. The molecule has 2 rings (SSSR count). The fourth-order valence-corrected chi connectivity index (χ4v) is 5.06. The number of rotatable bonds is 6. The summed E-state index contributed by atoms with van der Waals surface area (Å²) in [6.07, 6.45) is 1.84. The first-order valence-corrected chi connectivity index (χ1v) is 10.5. The number of hydrogen-bond donors (Lipinski definition) is 0. The van der Waals surface area contributed by atoms with E-state index in [0.29, 0.717) is 28.2 Å². The molecule has 0 aromatic heterocycles. The maximum Gasteiger partial charge on any atom is 0.343 e. The lowest BCUT2D eigenvalue weighted by Gasteiger charge is -2.11. The molecule has 0 spiro atoms. The lowest BCUT2D eigenvalue weighted by atomic mass is 10.2. The molecule has 1 aliphatic rings. The Balaban J connectivity index is 2.27. The van der Waals surface area contributed by atoms with Crippen molar-refractivity contribution < 1.29 is 19.1 Å². The third-order valence-corrected chi connectivity index (χ3v) is 5.81. The van der Waals surface area contributed by atoms with Crippen molar-refractivity contribution in [3.63, 3.8) is 0 Å². The zero-order chi connectivity index (χ0) is 19.3. The summed E-state index contributed by atoms with van der Waals surface area (Å²) in [5, 5.41) is 0.734. The van der Waals surface area contributed by atoms with Gasteiger partial charge in [0.25, 0.3) is 5.91 Å². The highest BCUT2D eigenvalue weighted by atomic mass is 127. The molecule has 9 heteroatoms. The molecule has 1 aromatic rings. The van der Waals surface area contributed by atoms with Crippen molar-refractivity contribution in [2.45, 2.75) is 13.8 Å². The Hall–Kier alpha value is -1.07. The number of esters is 1. The summed E-state index contributed by atoms with van der Waals surface area (Å²) in [5.74, 6) is 0.0723. The number of nitrogens with zero attached hydrogens (tertiary/aromatic N) is 2. The molecule has 0 saturated carbocycles. The Labute approximate surface area is 178 Å². The molecule has 0 atom stereocenters. The van der Waals surface area contributed by atoms with Gasteiger partial charge >= 0.3 is 5.97 Å².